The fraction of sp³-hybridized carbons (Fsp3) is 0.875. The highest BCUT2D eigenvalue weighted by Gasteiger charge is 2.30. The molecule has 58 heavy (non-hydrogen) atoms. The average molecular weight is 952 g/mol. The minimum absolute atomic E-state index is 0.775. The van der Waals surface area contributed by atoms with Crippen LogP contribution in [0.15, 0.2) is 25.4 Å². The van der Waals surface area contributed by atoms with Gasteiger partial charge < -0.3 is 11.5 Å². The van der Waals surface area contributed by atoms with Gasteiger partial charge in [-0.15, -0.1) is 47.0 Å². The molecule has 2 nitrogen and oxygen atoms in total. The van der Waals surface area contributed by atoms with Gasteiger partial charge in [0.05, 0.1) is 25.4 Å². The zero-order valence-corrected chi connectivity index (χ0v) is 44.2. The first kappa shape index (κ1) is 56.1. The Kier molecular flexibility index (Phi) is 41.4. The zero-order chi connectivity index (χ0) is 41.4. The van der Waals surface area contributed by atoms with Crippen LogP contribution in [0.3, 0.4) is 0 Å². The second-order valence-corrected chi connectivity index (χ2v) is 26.5. The van der Waals surface area contributed by atoms with Crippen LogP contribution in [-0.4, -0.2) is 36.1 Å². The van der Waals surface area contributed by atoms with Crippen LogP contribution in [0.5, 0.6) is 0 Å². The summed E-state index contributed by atoms with van der Waals surface area (Å²) in [7, 11) is 0. The van der Waals surface area contributed by atoms with Crippen LogP contribution in [0.25, 0.3) is 0 Å². The van der Waals surface area contributed by atoms with Crippen molar-refractivity contribution in [3.05, 3.63) is 25.4 Å². The molecule has 0 saturated carbocycles. The summed E-state index contributed by atoms with van der Waals surface area (Å²) in [4.78, 5) is 0. The summed E-state index contributed by atoms with van der Waals surface area (Å²) in [6, 6.07) is 0. The van der Waals surface area contributed by atoms with Gasteiger partial charge in [0.25, 0.3) is 0 Å². The lowest BCUT2D eigenvalue weighted by molar-refractivity contribution is 0.532. The maximum absolute atomic E-state index is 5.86. The molecule has 2 rings (SSSR count). The van der Waals surface area contributed by atoms with Crippen molar-refractivity contribution in [1.82, 2.24) is 0 Å². The Hall–Kier alpha value is 1.94. The van der Waals surface area contributed by atoms with Gasteiger partial charge in [0.1, 0.15) is 0 Å². The van der Waals surface area contributed by atoms with E-state index in [1.807, 2.05) is 47.0 Å². The van der Waals surface area contributed by atoms with Gasteiger partial charge in [-0.25, -0.2) is 0 Å². The number of thioether (sulfide) groups is 8. The van der Waals surface area contributed by atoms with E-state index in [1.165, 1.54) is 234 Å². The highest BCUT2D eigenvalue weighted by atomic mass is 32.3. The van der Waals surface area contributed by atoms with E-state index in [-0.39, 0.29) is 0 Å². The number of unbranched alkanes of at least 4 members (excludes halogenated alkanes) is 30. The highest BCUT2D eigenvalue weighted by molar-refractivity contribution is 8.45. The molecule has 0 fully saturated rings. The van der Waals surface area contributed by atoms with Crippen molar-refractivity contribution in [2.75, 3.05) is 36.1 Å². The van der Waals surface area contributed by atoms with Crippen molar-refractivity contribution in [2.45, 2.75) is 232 Å². The topological polar surface area (TPSA) is 52.0 Å². The standard InChI is InChI=1S/C48H90N2S8/c1-3-5-7-9-11-13-15-17-19-21-23-25-27-29-31-33-39-51-43-44(52-40-34-32-30-28-26-24-22-20-18-16-14-12-10-8-6-4-2)56-47(55-43)48-57-45(53-41-35-37-49)46(58-48)54-42-36-38-50/h3-42,49-50H2,1-2H3. The van der Waals surface area contributed by atoms with Crippen molar-refractivity contribution < 1.29 is 0 Å². The molecule has 0 bridgehead atoms. The van der Waals surface area contributed by atoms with E-state index in [0.29, 0.717) is 0 Å². The molecule has 0 aromatic heterocycles. The first-order valence-corrected chi connectivity index (χ1v) is 31.8. The van der Waals surface area contributed by atoms with Gasteiger partial charge in [0, 0.05) is 0 Å². The summed E-state index contributed by atoms with van der Waals surface area (Å²) < 4.78 is 9.24. The fourth-order valence-electron chi connectivity index (χ4n) is 7.19. The summed E-state index contributed by atoms with van der Waals surface area (Å²) in [5.41, 5.74) is 11.7. The summed E-state index contributed by atoms with van der Waals surface area (Å²) in [6.45, 7) is 6.17. The lowest BCUT2D eigenvalue weighted by Crippen LogP contribution is -1.99. The fourth-order valence-corrected chi connectivity index (χ4v) is 19.4. The molecule has 0 atom stereocenters. The lowest BCUT2D eigenvalue weighted by Gasteiger charge is -2.06. The van der Waals surface area contributed by atoms with Gasteiger partial charge in [-0.3, -0.25) is 0 Å². The predicted octanol–water partition coefficient (Wildman–Crippen LogP) is 19.5. The van der Waals surface area contributed by atoms with Gasteiger partial charge in [0.2, 0.25) is 0 Å². The Morgan fingerprint density at radius 1 is 0.276 bits per heavy atom. The molecular weight excluding hydrogens is 861 g/mol. The third-order valence-corrected chi connectivity index (χ3v) is 22.8. The van der Waals surface area contributed by atoms with E-state index in [1.54, 1.807) is 8.47 Å². The molecule has 0 radical (unpaired) electrons. The van der Waals surface area contributed by atoms with Crippen molar-refractivity contribution in [3.8, 4) is 0 Å². The molecule has 2 aliphatic rings. The largest absolute Gasteiger partial charge is 0.330 e. The molecule has 2 aliphatic heterocycles. The minimum atomic E-state index is 0.775. The van der Waals surface area contributed by atoms with Gasteiger partial charge in [-0.05, 0) is 61.8 Å². The molecule has 0 amide bonds. The van der Waals surface area contributed by atoms with Crippen molar-refractivity contribution in [3.63, 3.8) is 0 Å². The Morgan fingerprint density at radius 3 is 0.672 bits per heavy atom. The SMILES string of the molecule is CCCCCCCCCCCCCCCCCCSC1=C(SCCCCCCCCCCCCCCCCCC)SC(=C2SC(SCCCN)=C(SCCCN)S2)S1. The van der Waals surface area contributed by atoms with E-state index < -0.39 is 0 Å². The van der Waals surface area contributed by atoms with Crippen LogP contribution in [0, 0.1) is 0 Å². The second-order valence-electron chi connectivity index (χ2n) is 16.4. The third-order valence-electron chi connectivity index (χ3n) is 10.9. The maximum Gasteiger partial charge on any atom is 0.0717 e. The van der Waals surface area contributed by atoms with Crippen molar-refractivity contribution >= 4 is 94.1 Å². The Bertz CT molecular complexity index is 973. The number of hydrogen-bond acceptors (Lipinski definition) is 10. The molecular formula is C48H90N2S8. The summed E-state index contributed by atoms with van der Waals surface area (Å²) >= 11 is 16.6. The zero-order valence-electron chi connectivity index (χ0n) is 37.7. The Morgan fingerprint density at radius 2 is 0.466 bits per heavy atom. The van der Waals surface area contributed by atoms with E-state index in [9.17, 15) is 0 Å². The molecule has 340 valence electrons. The first-order chi connectivity index (χ1) is 28.7. The van der Waals surface area contributed by atoms with Gasteiger partial charge in [-0.1, -0.05) is 254 Å². The van der Waals surface area contributed by atoms with Crippen molar-refractivity contribution in [1.29, 1.82) is 0 Å². The second kappa shape index (κ2) is 42.9. The van der Waals surface area contributed by atoms with E-state index in [4.69, 9.17) is 11.5 Å². The molecule has 0 unspecified atom stereocenters. The number of nitrogens with two attached hydrogens (primary N) is 2. The van der Waals surface area contributed by atoms with E-state index in [2.05, 4.69) is 60.9 Å². The highest BCUT2D eigenvalue weighted by Crippen LogP contribution is 2.66. The Labute approximate surface area is 395 Å². The summed E-state index contributed by atoms with van der Waals surface area (Å²) in [6.07, 6.45) is 48.2. The average Bonchev–Trinajstić information content (AvgIpc) is 3.84. The molecule has 4 N–H and O–H groups in total. The van der Waals surface area contributed by atoms with Gasteiger partial charge in [0.15, 0.2) is 0 Å². The predicted molar refractivity (Wildman–Crippen MR) is 288 cm³/mol. The van der Waals surface area contributed by atoms with Crippen LogP contribution in [-0.2, 0) is 0 Å². The Balaban J connectivity index is 1.69. The number of hydrogen-bond donors (Lipinski definition) is 2. The number of rotatable bonds is 44. The smallest absolute Gasteiger partial charge is 0.0717 e. The first-order valence-electron chi connectivity index (χ1n) is 24.6. The molecule has 10 heteroatoms. The summed E-state index contributed by atoms with van der Waals surface area (Å²) in [5, 5.41) is 0. The van der Waals surface area contributed by atoms with Crippen LogP contribution in [0.1, 0.15) is 232 Å². The molecule has 2 heterocycles. The third kappa shape index (κ3) is 30.9. The van der Waals surface area contributed by atoms with Crippen molar-refractivity contribution in [2.24, 2.45) is 11.5 Å². The molecule has 0 aromatic carbocycles. The maximum atomic E-state index is 5.86. The van der Waals surface area contributed by atoms with Crippen LogP contribution in [0.4, 0.5) is 0 Å². The molecule has 0 aromatic rings. The lowest BCUT2D eigenvalue weighted by atomic mass is 10.0. The monoisotopic (exact) mass is 950 g/mol. The van der Waals surface area contributed by atoms with Crippen LogP contribution >= 0.6 is 94.1 Å². The molecule has 0 spiro atoms. The summed E-state index contributed by atoms with van der Waals surface area (Å²) in [5.74, 6) is 4.77. The van der Waals surface area contributed by atoms with E-state index >= 15 is 0 Å². The molecule has 0 aliphatic carbocycles. The quantitative estimate of drug-likeness (QED) is 0.0578. The normalized spacial score (nSPS) is 14.7. The van der Waals surface area contributed by atoms with Crippen LogP contribution in [0.2, 0.25) is 0 Å². The van der Waals surface area contributed by atoms with Gasteiger partial charge >= 0.3 is 0 Å². The minimum Gasteiger partial charge on any atom is -0.330 e. The van der Waals surface area contributed by atoms with Crippen LogP contribution < -0.4 is 11.5 Å². The van der Waals surface area contributed by atoms with E-state index in [0.717, 1.165) is 37.4 Å². The van der Waals surface area contributed by atoms with Gasteiger partial charge in [-0.2, -0.15) is 0 Å². The molecule has 0 saturated heterocycles.